The lowest BCUT2D eigenvalue weighted by molar-refractivity contribution is -0.292. The normalized spacial score (nSPS) is 29.4. The van der Waals surface area contributed by atoms with Crippen LogP contribution in [0.3, 0.4) is 0 Å². The Hall–Kier alpha value is -1.06. The van der Waals surface area contributed by atoms with Crippen molar-refractivity contribution in [2.45, 2.75) is 89.6 Å². The molecule has 0 aromatic carbocycles. The molecule has 0 amide bonds. The molecule has 2 rings (SSSR count). The summed E-state index contributed by atoms with van der Waals surface area (Å²) in [6.07, 6.45) is 3.02. The Balaban J connectivity index is 1.84. The first-order chi connectivity index (χ1) is 12.4. The molecule has 1 aliphatic rings. The van der Waals surface area contributed by atoms with Crippen LogP contribution in [0, 0.1) is 5.92 Å². The lowest BCUT2D eigenvalue weighted by Gasteiger charge is -2.39. The Labute approximate surface area is 155 Å². The first-order valence-electron chi connectivity index (χ1n) is 9.53. The molecule has 5 atom stereocenters. The average molecular weight is 371 g/mol. The Morgan fingerprint density at radius 1 is 1.12 bits per heavy atom. The van der Waals surface area contributed by atoms with E-state index in [4.69, 9.17) is 9.47 Å². The molecule has 2 heterocycles. The van der Waals surface area contributed by atoms with Crippen LogP contribution in [0.25, 0.3) is 0 Å². The standard InChI is InChI=1S/C18H33N3O5/c1-12(2)8-6-4-5-7-9-13-10-19-20-21(13)11-14-15(22)16(23)17(24)18(25-3)26-14/h10,12,14-18,22-24H,4-9,11H2,1-3H3. The topological polar surface area (TPSA) is 110 Å². The van der Waals surface area contributed by atoms with Crippen molar-refractivity contribution in [3.63, 3.8) is 0 Å². The highest BCUT2D eigenvalue weighted by Gasteiger charge is 2.44. The summed E-state index contributed by atoms with van der Waals surface area (Å²) in [5.74, 6) is 0.757. The van der Waals surface area contributed by atoms with Crippen LogP contribution in [0.5, 0.6) is 0 Å². The van der Waals surface area contributed by atoms with Gasteiger partial charge in [0.1, 0.15) is 24.4 Å². The van der Waals surface area contributed by atoms with Gasteiger partial charge < -0.3 is 24.8 Å². The van der Waals surface area contributed by atoms with Crippen LogP contribution >= 0.6 is 0 Å². The molecule has 0 radical (unpaired) electrons. The number of nitrogens with zero attached hydrogens (tertiary/aromatic N) is 3. The number of aromatic nitrogens is 3. The van der Waals surface area contributed by atoms with Crippen LogP contribution < -0.4 is 0 Å². The van der Waals surface area contributed by atoms with Crippen molar-refractivity contribution >= 4 is 0 Å². The van der Waals surface area contributed by atoms with Crippen LogP contribution in [0.2, 0.25) is 0 Å². The smallest absolute Gasteiger partial charge is 0.186 e. The summed E-state index contributed by atoms with van der Waals surface area (Å²) in [4.78, 5) is 0. The van der Waals surface area contributed by atoms with E-state index < -0.39 is 30.7 Å². The molecule has 8 heteroatoms. The minimum atomic E-state index is -1.33. The van der Waals surface area contributed by atoms with Gasteiger partial charge in [-0.05, 0) is 18.8 Å². The van der Waals surface area contributed by atoms with Gasteiger partial charge in [0.25, 0.3) is 0 Å². The molecule has 0 saturated carbocycles. The van der Waals surface area contributed by atoms with Crippen molar-refractivity contribution in [3.8, 4) is 0 Å². The molecule has 0 aliphatic carbocycles. The van der Waals surface area contributed by atoms with Gasteiger partial charge in [-0.3, -0.25) is 0 Å². The lowest BCUT2D eigenvalue weighted by Crippen LogP contribution is -2.59. The maximum absolute atomic E-state index is 10.2. The highest BCUT2D eigenvalue weighted by atomic mass is 16.7. The second-order valence-electron chi connectivity index (χ2n) is 7.50. The minimum Gasteiger partial charge on any atom is -0.388 e. The third-order valence-electron chi connectivity index (χ3n) is 4.92. The molecule has 5 unspecified atom stereocenters. The van der Waals surface area contributed by atoms with Crippen LogP contribution in [-0.2, 0) is 22.4 Å². The Bertz CT molecular complexity index is 523. The molecule has 0 spiro atoms. The Morgan fingerprint density at radius 2 is 1.85 bits per heavy atom. The third-order valence-corrected chi connectivity index (χ3v) is 4.92. The molecule has 8 nitrogen and oxygen atoms in total. The number of unbranched alkanes of at least 4 members (excludes halogenated alkanes) is 3. The van der Waals surface area contributed by atoms with Crippen molar-refractivity contribution in [1.29, 1.82) is 0 Å². The van der Waals surface area contributed by atoms with Gasteiger partial charge in [-0.15, -0.1) is 5.10 Å². The molecule has 26 heavy (non-hydrogen) atoms. The van der Waals surface area contributed by atoms with Crippen LogP contribution in [-0.4, -0.2) is 68.1 Å². The number of aryl methyl sites for hydroxylation is 1. The Kier molecular flexibility index (Phi) is 8.43. The van der Waals surface area contributed by atoms with Gasteiger partial charge in [0, 0.05) is 7.11 Å². The molecule has 1 aromatic rings. The van der Waals surface area contributed by atoms with Gasteiger partial charge in [0.05, 0.1) is 18.4 Å². The predicted octanol–water partition coefficient (Wildman–Crippen LogP) is 0.881. The van der Waals surface area contributed by atoms with Crippen LogP contribution in [0.15, 0.2) is 6.20 Å². The van der Waals surface area contributed by atoms with Gasteiger partial charge in [-0.2, -0.15) is 0 Å². The van der Waals surface area contributed by atoms with E-state index in [1.807, 2.05) is 0 Å². The highest BCUT2D eigenvalue weighted by molar-refractivity contribution is 4.96. The van der Waals surface area contributed by atoms with Crippen LogP contribution in [0.4, 0.5) is 0 Å². The number of hydrogen-bond acceptors (Lipinski definition) is 7. The van der Waals surface area contributed by atoms with E-state index in [1.54, 1.807) is 10.9 Å². The molecule has 0 bridgehead atoms. The number of rotatable bonds is 10. The van der Waals surface area contributed by atoms with Gasteiger partial charge in [0.15, 0.2) is 6.29 Å². The molecule has 1 aliphatic heterocycles. The highest BCUT2D eigenvalue weighted by Crippen LogP contribution is 2.23. The molecular formula is C18H33N3O5. The number of aliphatic hydroxyl groups is 3. The van der Waals surface area contributed by atoms with Gasteiger partial charge >= 0.3 is 0 Å². The van der Waals surface area contributed by atoms with Crippen LogP contribution in [0.1, 0.15) is 51.6 Å². The van der Waals surface area contributed by atoms with E-state index in [0.29, 0.717) is 0 Å². The van der Waals surface area contributed by atoms with E-state index in [0.717, 1.165) is 30.9 Å². The third kappa shape index (κ3) is 5.72. The SMILES string of the molecule is COC1OC(Cn2nncc2CCCCCCC(C)C)C(O)C(O)C1O. The summed E-state index contributed by atoms with van der Waals surface area (Å²) < 4.78 is 12.3. The first-order valence-corrected chi connectivity index (χ1v) is 9.53. The number of methoxy groups -OCH3 is 1. The summed E-state index contributed by atoms with van der Waals surface area (Å²) in [6.45, 7) is 4.74. The van der Waals surface area contributed by atoms with Gasteiger partial charge in [0.2, 0.25) is 0 Å². The summed E-state index contributed by atoms with van der Waals surface area (Å²) in [6, 6.07) is 0. The molecule has 1 aromatic heterocycles. The number of aliphatic hydroxyl groups excluding tert-OH is 3. The number of hydrogen-bond donors (Lipinski definition) is 3. The van der Waals surface area contributed by atoms with Crippen molar-refractivity contribution < 1.29 is 24.8 Å². The van der Waals surface area contributed by atoms with E-state index in [9.17, 15) is 15.3 Å². The van der Waals surface area contributed by atoms with Crippen molar-refractivity contribution in [2.24, 2.45) is 5.92 Å². The van der Waals surface area contributed by atoms with Crippen molar-refractivity contribution in [3.05, 3.63) is 11.9 Å². The average Bonchev–Trinajstić information content (AvgIpc) is 3.05. The van der Waals surface area contributed by atoms with Crippen molar-refractivity contribution in [1.82, 2.24) is 15.0 Å². The molecule has 150 valence electrons. The predicted molar refractivity (Wildman–Crippen MR) is 95.3 cm³/mol. The first kappa shape index (κ1) is 21.2. The fourth-order valence-electron chi connectivity index (χ4n) is 3.27. The van der Waals surface area contributed by atoms with Gasteiger partial charge in [-0.1, -0.05) is 44.7 Å². The fourth-order valence-corrected chi connectivity index (χ4v) is 3.27. The minimum absolute atomic E-state index is 0.244. The molecule has 1 saturated heterocycles. The maximum Gasteiger partial charge on any atom is 0.186 e. The van der Waals surface area contributed by atoms with E-state index in [1.165, 1.54) is 26.4 Å². The zero-order chi connectivity index (χ0) is 19.1. The van der Waals surface area contributed by atoms with E-state index >= 15 is 0 Å². The quantitative estimate of drug-likeness (QED) is 0.524. The molecular weight excluding hydrogens is 338 g/mol. The number of ether oxygens (including phenoxy) is 2. The van der Waals surface area contributed by atoms with Crippen molar-refractivity contribution in [2.75, 3.05) is 7.11 Å². The van der Waals surface area contributed by atoms with Gasteiger partial charge in [-0.25, -0.2) is 4.68 Å². The second kappa shape index (κ2) is 10.3. The molecule has 1 fully saturated rings. The van der Waals surface area contributed by atoms with E-state index in [-0.39, 0.29) is 6.54 Å². The zero-order valence-electron chi connectivity index (χ0n) is 16.0. The summed E-state index contributed by atoms with van der Waals surface area (Å²) in [5, 5.41) is 38.0. The summed E-state index contributed by atoms with van der Waals surface area (Å²) in [5.41, 5.74) is 0.972. The van der Waals surface area contributed by atoms with E-state index in [2.05, 4.69) is 24.2 Å². The largest absolute Gasteiger partial charge is 0.388 e. The molecule has 3 N–H and O–H groups in total. The Morgan fingerprint density at radius 3 is 2.54 bits per heavy atom. The summed E-state index contributed by atoms with van der Waals surface area (Å²) >= 11 is 0. The summed E-state index contributed by atoms with van der Waals surface area (Å²) in [7, 11) is 1.38. The maximum atomic E-state index is 10.2. The fraction of sp³-hybridized carbons (Fsp3) is 0.889. The zero-order valence-corrected chi connectivity index (χ0v) is 16.0. The lowest BCUT2D eigenvalue weighted by atomic mass is 9.99. The second-order valence-corrected chi connectivity index (χ2v) is 7.50. The monoisotopic (exact) mass is 371 g/mol.